The van der Waals surface area contributed by atoms with Gasteiger partial charge in [-0.15, -0.1) is 0 Å². The first-order chi connectivity index (χ1) is 18.8. The molecule has 1 N–H and O–H groups in total. The zero-order chi connectivity index (χ0) is 28.8. The molecule has 0 spiro atoms. The fraction of sp³-hybridized carbons (Fsp3) is 1.00. The Kier molecular flexibility index (Phi) is 31.5. The molecule has 2 heterocycles. The van der Waals surface area contributed by atoms with Crippen LogP contribution >= 0.6 is 20.2 Å². The van der Waals surface area contributed by atoms with Crippen LogP contribution in [-0.4, -0.2) is 118 Å². The van der Waals surface area contributed by atoms with Gasteiger partial charge in [-0.3, -0.25) is 4.90 Å². The van der Waals surface area contributed by atoms with Crippen LogP contribution in [0.2, 0.25) is 0 Å². The molecule has 2 aliphatic heterocycles. The molecule has 0 radical (unpaired) electrons. The van der Waals surface area contributed by atoms with Crippen LogP contribution in [0, 0.1) is 0 Å². The van der Waals surface area contributed by atoms with Gasteiger partial charge in [-0.1, -0.05) is 71.1 Å². The van der Waals surface area contributed by atoms with E-state index in [0.717, 1.165) is 17.1 Å². The normalized spacial score (nSPS) is 24.4. The molecule has 2 aliphatic rings. The van der Waals surface area contributed by atoms with Gasteiger partial charge in [-0.25, -0.2) is 0 Å². The second kappa shape index (κ2) is 28.9. The molecule has 0 aromatic carbocycles. The van der Waals surface area contributed by atoms with Crippen molar-refractivity contribution in [2.45, 2.75) is 115 Å². The van der Waals surface area contributed by atoms with E-state index in [4.69, 9.17) is 20.2 Å². The zero-order valence-electron chi connectivity index (χ0n) is 27.3. The molecule has 250 valence electrons. The number of hydrogen-bond donors (Lipinski definition) is 1. The number of halogens is 4. The van der Waals surface area contributed by atoms with Crippen molar-refractivity contribution in [1.29, 1.82) is 0 Å². The third-order valence-electron chi connectivity index (χ3n) is 8.69. The summed E-state index contributed by atoms with van der Waals surface area (Å²) in [5.74, 6) is 0. The molecule has 4 unspecified atom stereocenters. The molecule has 10 heteroatoms. The number of quaternary nitrogens is 1. The Labute approximate surface area is 283 Å². The van der Waals surface area contributed by atoms with Gasteiger partial charge in [-0.2, -0.15) is 0 Å². The molecule has 0 aromatic heterocycles. The van der Waals surface area contributed by atoms with E-state index in [1.54, 1.807) is 0 Å². The molecule has 0 aliphatic carbocycles. The topological polar surface area (TPSA) is 21.8 Å². The summed E-state index contributed by atoms with van der Waals surface area (Å²) in [7, 11) is 18.9. The molecule has 41 heavy (non-hydrogen) atoms. The minimum absolute atomic E-state index is 0. The van der Waals surface area contributed by atoms with E-state index in [1.165, 1.54) is 149 Å². The van der Waals surface area contributed by atoms with Crippen LogP contribution < -0.4 is 30.1 Å². The SMILES string of the molecule is CCCCCCCCCCCCC1CC(CCC[N+](C)(C)C)NCCN2CCCN(C)CCN1CC2.[Cl-].[Cl-].[Cl][Mn+][Cl]. The number of unbranched alkanes of at least 4 members (excludes halogenated alkanes) is 9. The van der Waals surface area contributed by atoms with Gasteiger partial charge in [-0.05, 0) is 52.2 Å². The van der Waals surface area contributed by atoms with E-state index in [0.29, 0.717) is 6.04 Å². The van der Waals surface area contributed by atoms with Crippen molar-refractivity contribution in [2.24, 2.45) is 0 Å². The number of likely N-dealkylation sites (N-methyl/N-ethyl adjacent to an activating group) is 1. The molecule has 0 amide bonds. The molecule has 0 saturated carbocycles. The Morgan fingerprint density at radius 1 is 0.732 bits per heavy atom. The summed E-state index contributed by atoms with van der Waals surface area (Å²) < 4.78 is 1.08. The molecule has 5 nitrogen and oxygen atoms in total. The Morgan fingerprint density at radius 3 is 1.93 bits per heavy atom. The third-order valence-corrected chi connectivity index (χ3v) is 8.69. The Balaban J connectivity index is 0. The van der Waals surface area contributed by atoms with Crippen LogP contribution in [0.3, 0.4) is 0 Å². The molecular formula is C31H66Cl4MnN5. The standard InChI is InChI=1S/C31H66N5.4ClH.Mn/c1-6-7-8-9-10-11-12-13-14-15-19-31-29-30(18-16-28-36(3,4)5)32-20-23-34-22-17-21-33(2)24-26-35(31)27-25-34;;;;;/h30-32H,6-29H2,1-5H3;4*1H;/q+1;;;;;+3/p-4. The zero-order valence-corrected chi connectivity index (χ0v) is 31.5. The Bertz CT molecular complexity index is 559. The molecule has 2 rings (SSSR count). The average molecular weight is 706 g/mol. The van der Waals surface area contributed by atoms with Gasteiger partial charge < -0.3 is 44.4 Å². The van der Waals surface area contributed by atoms with Gasteiger partial charge in [0.1, 0.15) is 0 Å². The molecular weight excluding hydrogens is 639 g/mol. The molecule has 4 atom stereocenters. The van der Waals surface area contributed by atoms with Crippen molar-refractivity contribution in [1.82, 2.24) is 20.0 Å². The summed E-state index contributed by atoms with van der Waals surface area (Å²) in [5.41, 5.74) is 0. The third kappa shape index (κ3) is 25.4. The van der Waals surface area contributed by atoms with E-state index in [2.05, 4.69) is 55.1 Å². The van der Waals surface area contributed by atoms with Crippen molar-refractivity contribution < 1.29 is 42.4 Å². The molecule has 2 saturated heterocycles. The summed E-state index contributed by atoms with van der Waals surface area (Å²) in [4.78, 5) is 8.23. The summed E-state index contributed by atoms with van der Waals surface area (Å²) in [5, 5.41) is 4.04. The number of hydrogen-bond acceptors (Lipinski definition) is 4. The maximum atomic E-state index is 4.80. The van der Waals surface area contributed by atoms with Gasteiger partial charge in [0, 0.05) is 51.4 Å². The number of nitrogens with zero attached hydrogens (tertiary/aromatic N) is 4. The van der Waals surface area contributed by atoms with Gasteiger partial charge in [0.2, 0.25) is 0 Å². The van der Waals surface area contributed by atoms with Gasteiger partial charge >= 0.3 is 33.3 Å². The van der Waals surface area contributed by atoms with Crippen LogP contribution in [0.25, 0.3) is 0 Å². The van der Waals surface area contributed by atoms with Crippen LogP contribution in [0.15, 0.2) is 0 Å². The summed E-state index contributed by atoms with van der Waals surface area (Å²) >= 11 is 0.00694. The number of nitrogens with one attached hydrogen (secondary N) is 1. The summed E-state index contributed by atoms with van der Waals surface area (Å²) in [6, 6.07) is 1.42. The van der Waals surface area contributed by atoms with Crippen LogP contribution in [0.4, 0.5) is 0 Å². The minimum atomic E-state index is 0. The van der Waals surface area contributed by atoms with Crippen molar-refractivity contribution in [3.8, 4) is 0 Å². The molecule has 2 fully saturated rings. The second-order valence-electron chi connectivity index (χ2n) is 13.3. The van der Waals surface area contributed by atoms with Crippen molar-refractivity contribution in [3.63, 3.8) is 0 Å². The Hall–Kier alpha value is 1.48. The van der Waals surface area contributed by atoms with Crippen LogP contribution in [0.5, 0.6) is 0 Å². The Morgan fingerprint density at radius 2 is 1.32 bits per heavy atom. The summed E-state index contributed by atoms with van der Waals surface area (Å²) in [6.07, 6.45) is 21.1. The van der Waals surface area contributed by atoms with E-state index in [9.17, 15) is 0 Å². The second-order valence-corrected chi connectivity index (χ2v) is 15.2. The van der Waals surface area contributed by atoms with Crippen molar-refractivity contribution in [3.05, 3.63) is 0 Å². The fourth-order valence-corrected chi connectivity index (χ4v) is 6.24. The van der Waals surface area contributed by atoms with Crippen LogP contribution in [-0.2, 0) is 13.1 Å². The van der Waals surface area contributed by atoms with Crippen molar-refractivity contribution in [2.75, 3.05) is 87.1 Å². The predicted octanol–water partition coefficient (Wildman–Crippen LogP) is 0.838. The summed E-state index contributed by atoms with van der Waals surface area (Å²) in [6.45, 7) is 13.5. The predicted molar refractivity (Wildman–Crippen MR) is 171 cm³/mol. The van der Waals surface area contributed by atoms with E-state index >= 15 is 0 Å². The van der Waals surface area contributed by atoms with Crippen LogP contribution in [0.1, 0.15) is 103 Å². The first kappa shape index (κ1) is 44.6. The first-order valence-electron chi connectivity index (χ1n) is 16.3. The number of rotatable bonds is 15. The molecule has 0 aromatic rings. The molecule has 2 bridgehead atoms. The quantitative estimate of drug-likeness (QED) is 0.155. The fourth-order valence-electron chi connectivity index (χ4n) is 6.24. The van der Waals surface area contributed by atoms with Gasteiger partial charge in [0.15, 0.2) is 0 Å². The van der Waals surface area contributed by atoms with Crippen molar-refractivity contribution >= 4 is 20.2 Å². The number of fused-ring (bicyclic) bond motifs is 3. The van der Waals surface area contributed by atoms with E-state index in [1.807, 2.05) is 0 Å². The van der Waals surface area contributed by atoms with Gasteiger partial charge in [0.05, 0.1) is 27.7 Å². The van der Waals surface area contributed by atoms with E-state index in [-0.39, 0.29) is 37.9 Å². The monoisotopic (exact) mass is 703 g/mol. The maximum absolute atomic E-state index is 4.80. The van der Waals surface area contributed by atoms with E-state index < -0.39 is 0 Å². The average Bonchev–Trinajstić information content (AvgIpc) is 2.88. The van der Waals surface area contributed by atoms with Gasteiger partial charge in [0.25, 0.3) is 0 Å². The first-order valence-corrected chi connectivity index (χ1v) is 19.6.